The molecule has 9 heteroatoms. The molecule has 0 spiro atoms. The first-order valence-corrected chi connectivity index (χ1v) is 6.66. The number of anilines is 2. The fraction of sp³-hybridized carbons (Fsp3) is 0.200. The quantitative estimate of drug-likeness (QED) is 0.820. The van der Waals surface area contributed by atoms with E-state index in [1.165, 1.54) is 13.8 Å². The molecule has 0 aliphatic carbocycles. The summed E-state index contributed by atoms with van der Waals surface area (Å²) in [5, 5.41) is 6.98. The average molecular weight is 286 g/mol. The Hall–Kier alpha value is -2.16. The van der Waals surface area contributed by atoms with Crippen LogP contribution in [0.1, 0.15) is 11.5 Å². The van der Waals surface area contributed by atoms with E-state index in [1.807, 2.05) is 0 Å². The van der Waals surface area contributed by atoms with Crippen molar-refractivity contribution in [3.63, 3.8) is 0 Å². The number of hydrogen-bond donors (Lipinski definition) is 2. The van der Waals surface area contributed by atoms with E-state index in [4.69, 9.17) is 10.2 Å². The highest BCUT2D eigenvalue weighted by molar-refractivity contribution is 7.92. The summed E-state index contributed by atoms with van der Waals surface area (Å²) in [5.41, 5.74) is 5.40. The van der Waals surface area contributed by atoms with E-state index in [-0.39, 0.29) is 28.1 Å². The van der Waals surface area contributed by atoms with Crippen molar-refractivity contribution in [3.05, 3.63) is 29.4 Å². The fourth-order valence-corrected chi connectivity index (χ4v) is 2.67. The number of rotatable bonds is 3. The van der Waals surface area contributed by atoms with Crippen molar-refractivity contribution in [2.75, 3.05) is 10.5 Å². The number of nitrogens with one attached hydrogen (secondary N) is 1. The zero-order chi connectivity index (χ0) is 14.2. The van der Waals surface area contributed by atoms with Gasteiger partial charge in [-0.1, -0.05) is 5.10 Å². The highest BCUT2D eigenvalue weighted by atomic mass is 32.2. The SMILES string of the molecule is Cc1nnc(NS(=O)(=O)c2cc(N)cc(F)c2C)o1. The van der Waals surface area contributed by atoms with Gasteiger partial charge in [-0.15, -0.1) is 5.10 Å². The van der Waals surface area contributed by atoms with Gasteiger partial charge >= 0.3 is 6.01 Å². The molecular weight excluding hydrogens is 275 g/mol. The Morgan fingerprint density at radius 2 is 2.00 bits per heavy atom. The molecule has 2 rings (SSSR count). The Kier molecular flexibility index (Phi) is 3.14. The highest BCUT2D eigenvalue weighted by Crippen LogP contribution is 2.23. The van der Waals surface area contributed by atoms with Crippen LogP contribution in [0.25, 0.3) is 0 Å². The van der Waals surface area contributed by atoms with Crippen LogP contribution in [0.15, 0.2) is 21.4 Å². The van der Waals surface area contributed by atoms with Gasteiger partial charge in [-0.2, -0.15) is 0 Å². The second-order valence-corrected chi connectivity index (χ2v) is 5.51. The molecular formula is C10H11FN4O3S. The summed E-state index contributed by atoms with van der Waals surface area (Å²) in [4.78, 5) is -0.277. The van der Waals surface area contributed by atoms with E-state index >= 15 is 0 Å². The van der Waals surface area contributed by atoms with Crippen molar-refractivity contribution in [2.24, 2.45) is 0 Å². The standard InChI is InChI=1S/C10H11FN4O3S/c1-5-8(11)3-7(12)4-9(5)19(16,17)15-10-14-13-6(2)18-10/h3-4H,12H2,1-2H3,(H,14,15). The number of hydrogen-bond acceptors (Lipinski definition) is 6. The molecule has 0 fully saturated rings. The molecule has 3 N–H and O–H groups in total. The van der Waals surface area contributed by atoms with Crippen LogP contribution in [0.2, 0.25) is 0 Å². The van der Waals surface area contributed by atoms with Crippen molar-refractivity contribution in [3.8, 4) is 0 Å². The Morgan fingerprint density at radius 3 is 2.58 bits per heavy atom. The Bertz CT molecular complexity index is 726. The largest absolute Gasteiger partial charge is 0.408 e. The second kappa shape index (κ2) is 4.50. The summed E-state index contributed by atoms with van der Waals surface area (Å²) in [6, 6.07) is 1.91. The van der Waals surface area contributed by atoms with Gasteiger partial charge in [0.15, 0.2) is 0 Å². The van der Waals surface area contributed by atoms with Gasteiger partial charge in [0.25, 0.3) is 10.0 Å². The van der Waals surface area contributed by atoms with Gasteiger partial charge in [-0.05, 0) is 19.1 Å². The highest BCUT2D eigenvalue weighted by Gasteiger charge is 2.22. The number of aryl methyl sites for hydroxylation is 1. The van der Waals surface area contributed by atoms with E-state index in [0.29, 0.717) is 0 Å². The van der Waals surface area contributed by atoms with Gasteiger partial charge in [0.05, 0.1) is 4.90 Å². The van der Waals surface area contributed by atoms with Crippen LogP contribution in [0, 0.1) is 19.7 Å². The molecule has 0 bridgehead atoms. The minimum atomic E-state index is -4.04. The molecule has 1 aromatic carbocycles. The normalized spacial score (nSPS) is 11.5. The molecule has 2 aromatic rings. The van der Waals surface area contributed by atoms with Crippen LogP contribution in [0.4, 0.5) is 16.1 Å². The molecule has 102 valence electrons. The monoisotopic (exact) mass is 286 g/mol. The summed E-state index contributed by atoms with van der Waals surface area (Å²) in [5.74, 6) is -0.504. The number of nitrogens with zero attached hydrogens (tertiary/aromatic N) is 2. The number of nitrogen functional groups attached to an aromatic ring is 1. The van der Waals surface area contributed by atoms with E-state index in [9.17, 15) is 12.8 Å². The minimum Gasteiger partial charge on any atom is -0.408 e. The summed E-state index contributed by atoms with van der Waals surface area (Å²) >= 11 is 0. The molecule has 1 aromatic heterocycles. The third-order valence-corrected chi connectivity index (χ3v) is 3.80. The van der Waals surface area contributed by atoms with Crippen molar-refractivity contribution in [1.29, 1.82) is 0 Å². The van der Waals surface area contributed by atoms with Crippen molar-refractivity contribution in [1.82, 2.24) is 10.2 Å². The van der Waals surface area contributed by atoms with Crippen LogP contribution in [0.3, 0.4) is 0 Å². The number of halogens is 1. The van der Waals surface area contributed by atoms with E-state index in [1.54, 1.807) is 0 Å². The maximum atomic E-state index is 13.5. The fourth-order valence-electron chi connectivity index (χ4n) is 1.46. The summed E-state index contributed by atoms with van der Waals surface area (Å²) < 4.78 is 44.6. The minimum absolute atomic E-state index is 0.00480. The Morgan fingerprint density at radius 1 is 1.32 bits per heavy atom. The molecule has 19 heavy (non-hydrogen) atoms. The molecule has 0 saturated carbocycles. The van der Waals surface area contributed by atoms with Crippen LogP contribution >= 0.6 is 0 Å². The lowest BCUT2D eigenvalue weighted by Crippen LogP contribution is -2.15. The second-order valence-electron chi connectivity index (χ2n) is 3.86. The third kappa shape index (κ3) is 2.65. The maximum absolute atomic E-state index is 13.5. The lowest BCUT2D eigenvalue weighted by Gasteiger charge is -2.09. The van der Waals surface area contributed by atoms with Gasteiger partial charge in [-0.3, -0.25) is 0 Å². The smallest absolute Gasteiger partial charge is 0.329 e. The lowest BCUT2D eigenvalue weighted by molar-refractivity contribution is 0.534. The number of benzene rings is 1. The lowest BCUT2D eigenvalue weighted by atomic mass is 10.2. The Labute approximate surface area is 108 Å². The topological polar surface area (TPSA) is 111 Å². The van der Waals surface area contributed by atoms with Crippen LogP contribution in [-0.4, -0.2) is 18.6 Å². The van der Waals surface area contributed by atoms with E-state index < -0.39 is 15.8 Å². The first kappa shape index (κ1) is 13.3. The molecule has 0 unspecified atom stereocenters. The molecule has 0 aliphatic heterocycles. The predicted octanol–water partition coefficient (Wildman–Crippen LogP) is 1.21. The van der Waals surface area contributed by atoms with E-state index in [0.717, 1.165) is 12.1 Å². The molecule has 0 saturated heterocycles. The molecule has 1 heterocycles. The summed E-state index contributed by atoms with van der Waals surface area (Å²) in [6.07, 6.45) is 0. The van der Waals surface area contributed by atoms with Gasteiger partial charge in [0.1, 0.15) is 5.82 Å². The van der Waals surface area contributed by atoms with Gasteiger partial charge in [0.2, 0.25) is 5.89 Å². The van der Waals surface area contributed by atoms with Crippen molar-refractivity contribution >= 4 is 21.7 Å². The number of nitrogens with two attached hydrogens (primary N) is 1. The molecule has 0 aliphatic rings. The zero-order valence-corrected chi connectivity index (χ0v) is 11.0. The van der Waals surface area contributed by atoms with Gasteiger partial charge < -0.3 is 10.2 Å². The van der Waals surface area contributed by atoms with Crippen molar-refractivity contribution < 1.29 is 17.2 Å². The number of aromatic nitrogens is 2. The predicted molar refractivity (Wildman–Crippen MR) is 65.4 cm³/mol. The van der Waals surface area contributed by atoms with Crippen molar-refractivity contribution in [2.45, 2.75) is 18.7 Å². The molecule has 7 nitrogen and oxygen atoms in total. The van der Waals surface area contributed by atoms with E-state index in [2.05, 4.69) is 14.9 Å². The molecule has 0 amide bonds. The summed E-state index contributed by atoms with van der Waals surface area (Å²) in [6.45, 7) is 2.85. The summed E-state index contributed by atoms with van der Waals surface area (Å²) in [7, 11) is -4.04. The zero-order valence-electron chi connectivity index (χ0n) is 10.1. The molecule has 0 radical (unpaired) electrons. The van der Waals surface area contributed by atoms with Crippen LogP contribution in [-0.2, 0) is 10.0 Å². The van der Waals surface area contributed by atoms with Crippen LogP contribution in [0.5, 0.6) is 0 Å². The first-order valence-electron chi connectivity index (χ1n) is 5.18. The molecule has 0 atom stereocenters. The maximum Gasteiger partial charge on any atom is 0.329 e. The average Bonchev–Trinajstić information content (AvgIpc) is 2.68. The number of sulfonamides is 1. The van der Waals surface area contributed by atoms with Gasteiger partial charge in [-0.25, -0.2) is 17.5 Å². The van der Waals surface area contributed by atoms with Gasteiger partial charge in [0, 0.05) is 18.2 Å². The first-order chi connectivity index (χ1) is 8.79. The Balaban J connectivity index is 2.45. The third-order valence-electron chi connectivity index (χ3n) is 2.36. The van der Waals surface area contributed by atoms with Crippen LogP contribution < -0.4 is 10.5 Å².